The van der Waals surface area contributed by atoms with Gasteiger partial charge in [-0.25, -0.2) is 0 Å². The highest BCUT2D eigenvalue weighted by Gasteiger charge is 2.56. The van der Waals surface area contributed by atoms with E-state index < -0.39 is 23.7 Å². The number of nitrogens with zero attached hydrogens (tertiary/aromatic N) is 1. The minimum atomic E-state index is -4.79. The van der Waals surface area contributed by atoms with Crippen LogP contribution in [0.4, 0.5) is 13.2 Å². The maximum absolute atomic E-state index is 12.5. The molecule has 1 unspecified atom stereocenters. The minimum Gasteiger partial charge on any atom is -0.394 e. The van der Waals surface area contributed by atoms with Gasteiger partial charge in [0.25, 0.3) is 5.91 Å². The zero-order valence-corrected chi connectivity index (χ0v) is 8.92. The van der Waals surface area contributed by atoms with E-state index in [-0.39, 0.29) is 13.2 Å². The van der Waals surface area contributed by atoms with E-state index in [2.05, 4.69) is 0 Å². The van der Waals surface area contributed by atoms with Crippen LogP contribution in [0.25, 0.3) is 0 Å². The fourth-order valence-corrected chi connectivity index (χ4v) is 1.71. The Morgan fingerprint density at radius 2 is 2.12 bits per heavy atom. The molecule has 1 aliphatic rings. The van der Waals surface area contributed by atoms with E-state index in [0.717, 1.165) is 4.90 Å². The van der Waals surface area contributed by atoms with E-state index >= 15 is 0 Å². The van der Waals surface area contributed by atoms with Gasteiger partial charge in [-0.3, -0.25) is 4.79 Å². The summed E-state index contributed by atoms with van der Waals surface area (Å²) >= 11 is 0. The largest absolute Gasteiger partial charge is 0.415 e. The molecular weight excluding hydrogens is 225 g/mol. The number of hydrogen-bond acceptors (Lipinski definition) is 3. The summed E-state index contributed by atoms with van der Waals surface area (Å²) in [6, 6.07) is -0.544. The van der Waals surface area contributed by atoms with Gasteiger partial charge in [0.05, 0.1) is 12.6 Å². The predicted molar refractivity (Wildman–Crippen MR) is 50.5 cm³/mol. The van der Waals surface area contributed by atoms with Gasteiger partial charge in [0, 0.05) is 6.54 Å². The molecule has 1 aliphatic heterocycles. The number of alkyl halides is 3. The first-order valence-electron chi connectivity index (χ1n) is 4.99. The molecule has 7 heteroatoms. The first-order chi connectivity index (χ1) is 7.21. The van der Waals surface area contributed by atoms with Crippen molar-refractivity contribution < 1.29 is 23.1 Å². The van der Waals surface area contributed by atoms with Crippen molar-refractivity contribution in [3.05, 3.63) is 0 Å². The second kappa shape index (κ2) is 4.21. The molecule has 0 aliphatic carbocycles. The van der Waals surface area contributed by atoms with Gasteiger partial charge in [-0.05, 0) is 19.8 Å². The van der Waals surface area contributed by atoms with Crippen molar-refractivity contribution in [1.82, 2.24) is 4.90 Å². The zero-order chi connectivity index (χ0) is 12.6. The summed E-state index contributed by atoms with van der Waals surface area (Å²) in [7, 11) is 0. The van der Waals surface area contributed by atoms with Gasteiger partial charge >= 0.3 is 6.18 Å². The summed E-state index contributed by atoms with van der Waals surface area (Å²) in [6.07, 6.45) is -3.69. The summed E-state index contributed by atoms with van der Waals surface area (Å²) in [6.45, 7) is 0.536. The van der Waals surface area contributed by atoms with Crippen molar-refractivity contribution in [3.63, 3.8) is 0 Å². The van der Waals surface area contributed by atoms with Crippen LogP contribution in [0.15, 0.2) is 0 Å². The molecule has 0 radical (unpaired) electrons. The Balaban J connectivity index is 2.85. The Morgan fingerprint density at radius 1 is 1.56 bits per heavy atom. The van der Waals surface area contributed by atoms with Crippen LogP contribution in [0.5, 0.6) is 0 Å². The SMILES string of the molecule is CC(N)(C(=O)N1CCC[C@@H]1CO)C(F)(F)F. The molecule has 0 aromatic heterocycles. The van der Waals surface area contributed by atoms with E-state index in [1.54, 1.807) is 0 Å². The first kappa shape index (κ1) is 13.2. The van der Waals surface area contributed by atoms with E-state index in [1.165, 1.54) is 0 Å². The van der Waals surface area contributed by atoms with Crippen LogP contribution < -0.4 is 5.73 Å². The number of carbonyl (C=O) groups is 1. The predicted octanol–water partition coefficient (Wildman–Crippen LogP) is 0.249. The van der Waals surface area contributed by atoms with Crippen LogP contribution in [-0.4, -0.2) is 46.8 Å². The molecule has 16 heavy (non-hydrogen) atoms. The summed E-state index contributed by atoms with van der Waals surface area (Å²) in [5, 5.41) is 8.94. The molecule has 0 bridgehead atoms. The molecule has 0 saturated carbocycles. The van der Waals surface area contributed by atoms with Gasteiger partial charge in [0.2, 0.25) is 0 Å². The van der Waals surface area contributed by atoms with E-state index in [1.807, 2.05) is 0 Å². The number of carbonyl (C=O) groups excluding carboxylic acids is 1. The van der Waals surface area contributed by atoms with Gasteiger partial charge in [-0.1, -0.05) is 0 Å². The van der Waals surface area contributed by atoms with E-state index in [0.29, 0.717) is 19.8 Å². The van der Waals surface area contributed by atoms with Gasteiger partial charge < -0.3 is 15.7 Å². The number of amides is 1. The van der Waals surface area contributed by atoms with E-state index in [9.17, 15) is 18.0 Å². The Kier molecular flexibility index (Phi) is 3.49. The van der Waals surface area contributed by atoms with Crippen molar-refractivity contribution in [3.8, 4) is 0 Å². The minimum absolute atomic E-state index is 0.215. The lowest BCUT2D eigenvalue weighted by Crippen LogP contribution is -2.63. The molecule has 2 atom stereocenters. The highest BCUT2D eigenvalue weighted by molar-refractivity contribution is 5.87. The van der Waals surface area contributed by atoms with Crippen molar-refractivity contribution in [2.45, 2.75) is 37.5 Å². The molecule has 1 heterocycles. The quantitative estimate of drug-likeness (QED) is 0.727. The van der Waals surface area contributed by atoms with Crippen molar-refractivity contribution in [2.24, 2.45) is 5.73 Å². The average molecular weight is 240 g/mol. The number of likely N-dealkylation sites (tertiary alicyclic amines) is 1. The monoisotopic (exact) mass is 240 g/mol. The summed E-state index contributed by atoms with van der Waals surface area (Å²) < 4.78 is 37.6. The Labute approximate surface area is 91.2 Å². The Bertz CT molecular complexity index is 278. The second-order valence-corrected chi connectivity index (χ2v) is 4.18. The number of nitrogens with two attached hydrogens (primary N) is 1. The number of aliphatic hydroxyl groups is 1. The van der Waals surface area contributed by atoms with Crippen LogP contribution in [-0.2, 0) is 4.79 Å². The fraction of sp³-hybridized carbons (Fsp3) is 0.889. The molecule has 3 N–H and O–H groups in total. The zero-order valence-electron chi connectivity index (χ0n) is 8.92. The standard InChI is InChI=1S/C9H15F3N2O2/c1-8(13,9(10,11)12)7(16)14-4-2-3-6(14)5-15/h6,15H,2-5,13H2,1H3/t6-,8?/m1/s1. The molecular formula is C9H15F3N2O2. The highest BCUT2D eigenvalue weighted by Crippen LogP contribution is 2.31. The third-order valence-corrected chi connectivity index (χ3v) is 2.88. The number of rotatable bonds is 2. The normalized spacial score (nSPS) is 25.6. The lowest BCUT2D eigenvalue weighted by Gasteiger charge is -2.33. The second-order valence-electron chi connectivity index (χ2n) is 4.18. The number of hydrogen-bond donors (Lipinski definition) is 2. The van der Waals surface area contributed by atoms with Crippen molar-refractivity contribution >= 4 is 5.91 Å². The molecule has 1 saturated heterocycles. The average Bonchev–Trinajstić information content (AvgIpc) is 2.62. The summed E-state index contributed by atoms with van der Waals surface area (Å²) in [5.41, 5.74) is 2.15. The van der Waals surface area contributed by atoms with Gasteiger partial charge in [-0.15, -0.1) is 0 Å². The van der Waals surface area contributed by atoms with Crippen LogP contribution in [0.3, 0.4) is 0 Å². The molecule has 1 rings (SSSR count). The molecule has 0 aromatic rings. The van der Waals surface area contributed by atoms with Gasteiger partial charge in [-0.2, -0.15) is 13.2 Å². The van der Waals surface area contributed by atoms with Gasteiger partial charge in [0.15, 0.2) is 5.54 Å². The number of aliphatic hydroxyl groups excluding tert-OH is 1. The number of halogens is 3. The Morgan fingerprint density at radius 3 is 2.56 bits per heavy atom. The van der Waals surface area contributed by atoms with Crippen LogP contribution in [0, 0.1) is 0 Å². The maximum atomic E-state index is 12.5. The third kappa shape index (κ3) is 2.15. The molecule has 1 fully saturated rings. The van der Waals surface area contributed by atoms with Crippen LogP contribution in [0.2, 0.25) is 0 Å². The molecule has 1 amide bonds. The van der Waals surface area contributed by atoms with Crippen molar-refractivity contribution in [1.29, 1.82) is 0 Å². The van der Waals surface area contributed by atoms with Crippen LogP contribution in [0.1, 0.15) is 19.8 Å². The van der Waals surface area contributed by atoms with Crippen molar-refractivity contribution in [2.75, 3.05) is 13.2 Å². The first-order valence-corrected chi connectivity index (χ1v) is 4.99. The lowest BCUT2D eigenvalue weighted by atomic mass is 10.0. The van der Waals surface area contributed by atoms with Crippen LogP contribution >= 0.6 is 0 Å². The summed E-state index contributed by atoms with van der Waals surface area (Å²) in [5.74, 6) is -1.17. The third-order valence-electron chi connectivity index (χ3n) is 2.88. The topological polar surface area (TPSA) is 66.6 Å². The Hall–Kier alpha value is -0.820. The van der Waals surface area contributed by atoms with E-state index in [4.69, 9.17) is 10.8 Å². The maximum Gasteiger partial charge on any atom is 0.415 e. The molecule has 4 nitrogen and oxygen atoms in total. The molecule has 0 spiro atoms. The molecule has 94 valence electrons. The fourth-order valence-electron chi connectivity index (χ4n) is 1.71. The lowest BCUT2D eigenvalue weighted by molar-refractivity contribution is -0.194. The highest BCUT2D eigenvalue weighted by atomic mass is 19.4. The van der Waals surface area contributed by atoms with Gasteiger partial charge in [0.1, 0.15) is 0 Å². The smallest absolute Gasteiger partial charge is 0.394 e. The summed E-state index contributed by atoms with van der Waals surface area (Å²) in [4.78, 5) is 12.7. The molecule has 0 aromatic carbocycles.